The molecule has 0 unspecified atom stereocenters. The third kappa shape index (κ3) is 4.71. The molecule has 29 heavy (non-hydrogen) atoms. The molecule has 0 spiro atoms. The first-order valence-electron chi connectivity index (χ1n) is 8.86. The molecular weight excluding hydrogens is 400 g/mol. The van der Waals surface area contributed by atoms with E-state index >= 15 is 0 Å². The van der Waals surface area contributed by atoms with Crippen molar-refractivity contribution in [3.63, 3.8) is 0 Å². The van der Waals surface area contributed by atoms with Gasteiger partial charge in [0.25, 0.3) is 5.56 Å². The fourth-order valence-corrected chi connectivity index (χ4v) is 3.71. The lowest BCUT2D eigenvalue weighted by atomic mass is 10.3. The normalized spacial score (nSPS) is 11.6. The van der Waals surface area contributed by atoms with E-state index < -0.39 is 33.7 Å². The average Bonchev–Trinajstić information content (AvgIpc) is 2.68. The van der Waals surface area contributed by atoms with Crippen molar-refractivity contribution in [2.45, 2.75) is 31.2 Å². The smallest absolute Gasteiger partial charge is 0.330 e. The van der Waals surface area contributed by atoms with Gasteiger partial charge in [0.2, 0.25) is 15.9 Å². The maximum absolute atomic E-state index is 12.7. The number of unbranched alkanes of at least 4 members (excludes halogenated alkanes) is 1. The summed E-state index contributed by atoms with van der Waals surface area (Å²) in [6, 6.07) is 2.83. The number of anilines is 2. The number of amides is 1. The van der Waals surface area contributed by atoms with Gasteiger partial charge >= 0.3 is 5.69 Å². The predicted molar refractivity (Wildman–Crippen MR) is 108 cm³/mol. The summed E-state index contributed by atoms with van der Waals surface area (Å²) in [6.07, 6.45) is 4.05. The number of aromatic nitrogens is 3. The van der Waals surface area contributed by atoms with Crippen LogP contribution in [0, 0.1) is 0 Å². The van der Waals surface area contributed by atoms with Crippen molar-refractivity contribution >= 4 is 27.4 Å². The van der Waals surface area contributed by atoms with Gasteiger partial charge in [0.05, 0.1) is 6.54 Å². The number of H-pyrrole nitrogens is 1. The summed E-state index contributed by atoms with van der Waals surface area (Å²) in [5.41, 5.74) is 4.28. The summed E-state index contributed by atoms with van der Waals surface area (Å²) in [7, 11) is -1.41. The largest absolute Gasteiger partial charge is 0.383 e. The Hall–Kier alpha value is -2.99. The quantitative estimate of drug-likeness (QED) is 0.585. The van der Waals surface area contributed by atoms with Gasteiger partial charge in [0.15, 0.2) is 5.69 Å². The van der Waals surface area contributed by atoms with E-state index in [0.29, 0.717) is 6.42 Å². The number of carbonyl (C=O) groups is 1. The molecule has 0 aliphatic rings. The van der Waals surface area contributed by atoms with E-state index in [1.165, 1.54) is 43.2 Å². The molecule has 0 aromatic carbocycles. The number of nitrogens with zero attached hydrogens (tertiary/aromatic N) is 4. The minimum absolute atomic E-state index is 0.0663. The van der Waals surface area contributed by atoms with Crippen molar-refractivity contribution < 1.29 is 13.2 Å². The molecule has 1 amide bonds. The number of nitrogens with one attached hydrogen (secondary N) is 1. The Morgan fingerprint density at radius 2 is 2.00 bits per heavy atom. The van der Waals surface area contributed by atoms with Crippen molar-refractivity contribution in [1.29, 1.82) is 0 Å². The van der Waals surface area contributed by atoms with E-state index in [-0.39, 0.29) is 22.9 Å². The third-order valence-corrected chi connectivity index (χ3v) is 6.15. The van der Waals surface area contributed by atoms with Crippen molar-refractivity contribution in [2.75, 3.05) is 31.3 Å². The summed E-state index contributed by atoms with van der Waals surface area (Å²) in [4.78, 5) is 43.7. The SMILES string of the molecule is CCCCn1c(N)c(N(C)C(=O)CN(C)S(=O)(=O)c2cccnc2)c(=O)[nH]c1=O. The predicted octanol–water partition coefficient (Wildman–Crippen LogP) is -0.403. The van der Waals surface area contributed by atoms with Crippen LogP contribution in [0.2, 0.25) is 0 Å². The molecule has 0 fully saturated rings. The number of nitrogen functional groups attached to an aromatic ring is 1. The summed E-state index contributed by atoms with van der Waals surface area (Å²) in [5, 5.41) is 0. The first-order chi connectivity index (χ1) is 13.6. The van der Waals surface area contributed by atoms with Gasteiger partial charge in [-0.05, 0) is 18.6 Å². The van der Waals surface area contributed by atoms with Crippen LogP contribution in [0.1, 0.15) is 19.8 Å². The maximum atomic E-state index is 12.7. The minimum atomic E-state index is -3.95. The molecule has 0 radical (unpaired) electrons. The van der Waals surface area contributed by atoms with E-state index in [0.717, 1.165) is 15.6 Å². The van der Waals surface area contributed by atoms with Crippen LogP contribution in [0.15, 0.2) is 39.0 Å². The van der Waals surface area contributed by atoms with Gasteiger partial charge in [-0.1, -0.05) is 13.3 Å². The van der Waals surface area contributed by atoms with E-state index in [2.05, 4.69) is 9.97 Å². The summed E-state index contributed by atoms with van der Waals surface area (Å²) in [5.74, 6) is -0.848. The molecular formula is C17H24N6O5S. The van der Waals surface area contributed by atoms with Crippen LogP contribution >= 0.6 is 0 Å². The lowest BCUT2D eigenvalue weighted by Gasteiger charge is -2.23. The number of hydrogen-bond acceptors (Lipinski definition) is 7. The van der Waals surface area contributed by atoms with Gasteiger partial charge in [-0.25, -0.2) is 13.2 Å². The van der Waals surface area contributed by atoms with Gasteiger partial charge in [0, 0.05) is 33.0 Å². The van der Waals surface area contributed by atoms with Crippen LogP contribution in [-0.2, 0) is 21.4 Å². The van der Waals surface area contributed by atoms with Crippen LogP contribution < -0.4 is 21.9 Å². The monoisotopic (exact) mass is 424 g/mol. The fraction of sp³-hybridized carbons (Fsp3) is 0.412. The van der Waals surface area contributed by atoms with E-state index in [1.807, 2.05) is 6.92 Å². The standard InChI is InChI=1S/C17H24N6O5S/c1-4-5-9-23-15(18)14(16(25)20-17(23)26)22(3)13(24)11-21(2)29(27,28)12-7-6-8-19-10-12/h6-8,10H,4-5,9,11,18H2,1-3H3,(H,20,25,26). The molecule has 0 aliphatic carbocycles. The van der Waals surface area contributed by atoms with Crippen LogP contribution in [0.25, 0.3) is 0 Å². The number of likely N-dealkylation sites (N-methyl/N-ethyl adjacent to an activating group) is 2. The molecule has 0 saturated heterocycles. The topological polar surface area (TPSA) is 151 Å². The van der Waals surface area contributed by atoms with E-state index in [4.69, 9.17) is 5.73 Å². The Kier molecular flexibility index (Phi) is 6.93. The molecule has 2 aromatic rings. The first-order valence-corrected chi connectivity index (χ1v) is 10.3. The lowest BCUT2D eigenvalue weighted by molar-refractivity contribution is -0.118. The Morgan fingerprint density at radius 1 is 1.31 bits per heavy atom. The summed E-state index contributed by atoms with van der Waals surface area (Å²) < 4.78 is 27.1. The number of nitrogens with two attached hydrogens (primary N) is 1. The Bertz CT molecular complexity index is 1090. The maximum Gasteiger partial charge on any atom is 0.330 e. The van der Waals surface area contributed by atoms with Crippen molar-refractivity contribution in [3.05, 3.63) is 45.4 Å². The average molecular weight is 424 g/mol. The van der Waals surface area contributed by atoms with Crippen LogP contribution in [0.3, 0.4) is 0 Å². The van der Waals surface area contributed by atoms with Crippen molar-refractivity contribution in [3.8, 4) is 0 Å². The zero-order valence-electron chi connectivity index (χ0n) is 16.5. The van der Waals surface area contributed by atoms with Gasteiger partial charge in [0.1, 0.15) is 10.7 Å². The second-order valence-electron chi connectivity index (χ2n) is 6.40. The van der Waals surface area contributed by atoms with E-state index in [9.17, 15) is 22.8 Å². The Labute approximate surface area is 167 Å². The summed E-state index contributed by atoms with van der Waals surface area (Å²) in [6.45, 7) is 1.67. The molecule has 0 saturated carbocycles. The van der Waals surface area contributed by atoms with Crippen molar-refractivity contribution in [1.82, 2.24) is 18.8 Å². The molecule has 2 aromatic heterocycles. The minimum Gasteiger partial charge on any atom is -0.383 e. The number of hydrogen-bond donors (Lipinski definition) is 2. The number of sulfonamides is 1. The van der Waals surface area contributed by atoms with Gasteiger partial charge in [-0.2, -0.15) is 4.31 Å². The molecule has 158 valence electrons. The van der Waals surface area contributed by atoms with Crippen molar-refractivity contribution in [2.24, 2.45) is 0 Å². The molecule has 0 bridgehead atoms. The summed E-state index contributed by atoms with van der Waals surface area (Å²) >= 11 is 0. The Balaban J connectivity index is 2.31. The Morgan fingerprint density at radius 3 is 2.59 bits per heavy atom. The van der Waals surface area contributed by atoms with Gasteiger partial charge < -0.3 is 10.6 Å². The number of carbonyl (C=O) groups excluding carboxylic acids is 1. The van der Waals surface area contributed by atoms with Gasteiger partial charge in [-0.15, -0.1) is 0 Å². The lowest BCUT2D eigenvalue weighted by Crippen LogP contribution is -2.43. The number of aromatic amines is 1. The molecule has 2 heterocycles. The second kappa shape index (κ2) is 9.01. The molecule has 0 atom stereocenters. The second-order valence-corrected chi connectivity index (χ2v) is 8.45. The number of pyridine rings is 1. The highest BCUT2D eigenvalue weighted by Gasteiger charge is 2.27. The van der Waals surface area contributed by atoms with Crippen LogP contribution in [0.4, 0.5) is 11.5 Å². The zero-order chi connectivity index (χ0) is 21.8. The van der Waals surface area contributed by atoms with Gasteiger partial charge in [-0.3, -0.25) is 24.1 Å². The molecule has 3 N–H and O–H groups in total. The highest BCUT2D eigenvalue weighted by Crippen LogP contribution is 2.17. The molecule has 2 rings (SSSR count). The molecule has 12 heteroatoms. The zero-order valence-corrected chi connectivity index (χ0v) is 17.3. The highest BCUT2D eigenvalue weighted by molar-refractivity contribution is 7.89. The molecule has 0 aliphatic heterocycles. The molecule has 11 nitrogen and oxygen atoms in total. The fourth-order valence-electron chi connectivity index (χ4n) is 2.63. The van der Waals surface area contributed by atoms with Crippen LogP contribution in [-0.4, -0.2) is 53.8 Å². The first kappa shape index (κ1) is 22.3. The van der Waals surface area contributed by atoms with Crippen LogP contribution in [0.5, 0.6) is 0 Å². The highest BCUT2D eigenvalue weighted by atomic mass is 32.2. The third-order valence-electron chi connectivity index (χ3n) is 4.36. The number of rotatable bonds is 8. The van der Waals surface area contributed by atoms with E-state index in [1.54, 1.807) is 0 Å².